The highest BCUT2D eigenvalue weighted by Gasteiger charge is 2.14. The molecule has 0 aliphatic carbocycles. The second-order valence-electron chi connectivity index (χ2n) is 6.92. The van der Waals surface area contributed by atoms with Crippen molar-refractivity contribution >= 4 is 32.7 Å². The smallest absolute Gasteiger partial charge is 0.321 e. The summed E-state index contributed by atoms with van der Waals surface area (Å²) in [7, 11) is 0. The lowest BCUT2D eigenvalue weighted by Crippen LogP contribution is -2.37. The van der Waals surface area contributed by atoms with E-state index in [4.69, 9.17) is 4.74 Å². The maximum Gasteiger partial charge on any atom is 0.321 e. The number of thiazole rings is 1. The van der Waals surface area contributed by atoms with E-state index < -0.39 is 0 Å². The van der Waals surface area contributed by atoms with E-state index in [9.17, 15) is 4.79 Å². The van der Waals surface area contributed by atoms with Crippen molar-refractivity contribution in [2.24, 2.45) is 0 Å². The molecule has 0 radical (unpaired) electrons. The molecule has 30 heavy (non-hydrogen) atoms. The molecule has 0 spiro atoms. The number of aromatic nitrogens is 1. The molecule has 0 saturated heterocycles. The summed E-state index contributed by atoms with van der Waals surface area (Å²) in [5.74, 6) is 6.82. The third kappa shape index (κ3) is 5.74. The van der Waals surface area contributed by atoms with Gasteiger partial charge in [0.15, 0.2) is 5.13 Å². The highest BCUT2D eigenvalue weighted by molar-refractivity contribution is 7.22. The van der Waals surface area contributed by atoms with E-state index in [0.29, 0.717) is 11.7 Å². The van der Waals surface area contributed by atoms with Gasteiger partial charge in [0.1, 0.15) is 11.9 Å². The average molecular weight is 422 g/mol. The third-order valence-electron chi connectivity index (χ3n) is 4.61. The lowest BCUT2D eigenvalue weighted by Gasteiger charge is -2.20. The number of fused-ring (bicyclic) bond motifs is 1. The molecule has 5 nitrogen and oxygen atoms in total. The third-order valence-corrected chi connectivity index (χ3v) is 5.54. The van der Waals surface area contributed by atoms with Crippen molar-refractivity contribution < 1.29 is 9.53 Å². The predicted molar refractivity (Wildman–Crippen MR) is 124 cm³/mol. The highest BCUT2D eigenvalue weighted by atomic mass is 32.1. The van der Waals surface area contributed by atoms with E-state index in [1.165, 1.54) is 16.9 Å². The summed E-state index contributed by atoms with van der Waals surface area (Å²) in [5, 5.41) is 6.28. The summed E-state index contributed by atoms with van der Waals surface area (Å²) in [5.41, 5.74) is 2.99. The van der Waals surface area contributed by atoms with Crippen molar-refractivity contribution in [2.45, 2.75) is 46.1 Å². The van der Waals surface area contributed by atoms with Gasteiger partial charge in [-0.05, 0) is 49.6 Å². The Kier molecular flexibility index (Phi) is 7.69. The molecular weight excluding hydrogens is 394 g/mol. The number of aryl methyl sites for hydroxylation is 1. The monoisotopic (exact) mass is 421 g/mol. The van der Waals surface area contributed by atoms with Crippen LogP contribution in [0.3, 0.4) is 0 Å². The lowest BCUT2D eigenvalue weighted by atomic mass is 10.1. The number of nitrogens with zero attached hydrogens (tertiary/aromatic N) is 1. The lowest BCUT2D eigenvalue weighted by molar-refractivity contribution is 0.190. The fourth-order valence-corrected chi connectivity index (χ4v) is 3.99. The number of ether oxygens (including phenoxy) is 1. The minimum atomic E-state index is -0.286. The van der Waals surface area contributed by atoms with Crippen LogP contribution in [0.15, 0.2) is 42.5 Å². The second-order valence-corrected chi connectivity index (χ2v) is 7.95. The number of carbonyl (C=O) groups is 1. The number of amides is 2. The zero-order chi connectivity index (χ0) is 21.3. The Morgan fingerprint density at radius 1 is 1.23 bits per heavy atom. The Morgan fingerprint density at radius 2 is 2.07 bits per heavy atom. The zero-order valence-electron chi connectivity index (χ0n) is 17.6. The number of benzene rings is 2. The van der Waals surface area contributed by atoms with Crippen LogP contribution in [0.5, 0.6) is 5.75 Å². The minimum absolute atomic E-state index is 0.0979. The molecular formula is C24H27N3O2S. The molecule has 1 unspecified atom stereocenters. The number of hydrogen-bond acceptors (Lipinski definition) is 4. The second kappa shape index (κ2) is 10.7. The van der Waals surface area contributed by atoms with E-state index in [1.807, 2.05) is 43.3 Å². The summed E-state index contributed by atoms with van der Waals surface area (Å²) >= 11 is 1.43. The van der Waals surface area contributed by atoms with Gasteiger partial charge in [-0.25, -0.2) is 9.78 Å². The quantitative estimate of drug-likeness (QED) is 0.465. The topological polar surface area (TPSA) is 63.2 Å². The van der Waals surface area contributed by atoms with Gasteiger partial charge in [0, 0.05) is 5.56 Å². The number of rotatable bonds is 8. The Morgan fingerprint density at radius 3 is 2.83 bits per heavy atom. The largest absolute Gasteiger partial charge is 0.488 e. The maximum atomic E-state index is 12.4. The van der Waals surface area contributed by atoms with Gasteiger partial charge in [-0.2, -0.15) is 0 Å². The van der Waals surface area contributed by atoms with E-state index in [1.54, 1.807) is 0 Å². The summed E-state index contributed by atoms with van der Waals surface area (Å²) in [4.78, 5) is 16.8. The van der Waals surface area contributed by atoms with Crippen LogP contribution in [0.1, 0.15) is 44.7 Å². The molecule has 156 valence electrons. The van der Waals surface area contributed by atoms with Crippen LogP contribution in [0.25, 0.3) is 10.2 Å². The first kappa shape index (κ1) is 21.7. The molecule has 0 aliphatic rings. The highest BCUT2D eigenvalue weighted by Crippen LogP contribution is 2.26. The van der Waals surface area contributed by atoms with Gasteiger partial charge >= 0.3 is 6.03 Å². The predicted octanol–water partition coefficient (Wildman–Crippen LogP) is 5.60. The van der Waals surface area contributed by atoms with Crippen LogP contribution in [0.4, 0.5) is 9.93 Å². The first-order chi connectivity index (χ1) is 14.6. The molecule has 3 rings (SSSR count). The molecule has 0 fully saturated rings. The fraction of sp³-hybridized carbons (Fsp3) is 0.333. The van der Waals surface area contributed by atoms with E-state index in [-0.39, 0.29) is 12.1 Å². The number of anilines is 1. The van der Waals surface area contributed by atoms with E-state index >= 15 is 0 Å². The van der Waals surface area contributed by atoms with Gasteiger partial charge in [0.2, 0.25) is 0 Å². The molecule has 2 amide bonds. The molecule has 2 N–H and O–H groups in total. The van der Waals surface area contributed by atoms with Crippen molar-refractivity contribution in [3.8, 4) is 17.6 Å². The summed E-state index contributed by atoms with van der Waals surface area (Å²) in [6, 6.07) is 13.6. The van der Waals surface area contributed by atoms with Crippen molar-refractivity contribution in [1.82, 2.24) is 10.3 Å². The van der Waals surface area contributed by atoms with Crippen LogP contribution in [0.2, 0.25) is 0 Å². The van der Waals surface area contributed by atoms with Gasteiger partial charge in [-0.3, -0.25) is 5.32 Å². The number of urea groups is 1. The Hall–Kier alpha value is -3.04. The van der Waals surface area contributed by atoms with Crippen LogP contribution < -0.4 is 15.4 Å². The number of carbonyl (C=O) groups excluding carboxylic acids is 1. The van der Waals surface area contributed by atoms with Crippen molar-refractivity contribution in [1.29, 1.82) is 0 Å². The zero-order valence-corrected chi connectivity index (χ0v) is 18.4. The number of nitrogens with one attached hydrogen (secondary N) is 2. The van der Waals surface area contributed by atoms with Crippen molar-refractivity contribution in [2.75, 3.05) is 11.9 Å². The summed E-state index contributed by atoms with van der Waals surface area (Å²) in [6.07, 6.45) is 2.73. The first-order valence-corrected chi connectivity index (χ1v) is 11.1. The van der Waals surface area contributed by atoms with Gasteiger partial charge in [-0.1, -0.05) is 55.7 Å². The molecule has 0 saturated carbocycles. The summed E-state index contributed by atoms with van der Waals surface area (Å²) in [6.45, 7) is 6.44. The van der Waals surface area contributed by atoms with Crippen molar-refractivity contribution in [3.63, 3.8) is 0 Å². The van der Waals surface area contributed by atoms with Gasteiger partial charge in [-0.15, -0.1) is 5.92 Å². The van der Waals surface area contributed by atoms with E-state index in [0.717, 1.165) is 40.8 Å². The van der Waals surface area contributed by atoms with Gasteiger partial charge < -0.3 is 10.1 Å². The van der Waals surface area contributed by atoms with Gasteiger partial charge in [0.05, 0.1) is 16.8 Å². The molecule has 3 aromatic rings. The molecule has 6 heteroatoms. The number of para-hydroxylation sites is 1. The Bertz CT molecular complexity index is 1060. The van der Waals surface area contributed by atoms with Crippen LogP contribution in [-0.4, -0.2) is 23.7 Å². The normalized spacial score (nSPS) is 11.4. The summed E-state index contributed by atoms with van der Waals surface area (Å²) < 4.78 is 7.16. The standard InChI is InChI=1S/C24H27N3O2S/c1-4-9-17-13-14-20-22(15-17)30-24(26-20)27-23(28)25-16-19(6-3)29-21-12-8-7-11-18(21)10-5-2/h7-8,11-15,19H,5-6,10,16H2,1-3H3,(H2,25,26,27,28). The van der Waals surface area contributed by atoms with Crippen molar-refractivity contribution in [3.05, 3.63) is 53.6 Å². The van der Waals surface area contributed by atoms with Crippen LogP contribution in [-0.2, 0) is 6.42 Å². The maximum absolute atomic E-state index is 12.4. The fourth-order valence-electron chi connectivity index (χ4n) is 3.09. The molecule has 0 bridgehead atoms. The number of hydrogen-bond donors (Lipinski definition) is 2. The van der Waals surface area contributed by atoms with Gasteiger partial charge in [0.25, 0.3) is 0 Å². The van der Waals surface area contributed by atoms with Crippen LogP contribution in [0, 0.1) is 11.8 Å². The van der Waals surface area contributed by atoms with E-state index in [2.05, 4.69) is 47.4 Å². The van der Waals surface area contributed by atoms with Crippen LogP contribution >= 0.6 is 11.3 Å². The SMILES string of the molecule is CC#Cc1ccc2nc(NC(=O)NCC(CC)Oc3ccccc3CCC)sc2c1. The molecule has 2 aromatic carbocycles. The first-order valence-electron chi connectivity index (χ1n) is 10.3. The minimum Gasteiger partial charge on any atom is -0.488 e. The molecule has 0 aliphatic heterocycles. The molecule has 1 aromatic heterocycles. The Labute approximate surface area is 181 Å². The molecule has 1 heterocycles. The Balaban J connectivity index is 1.57. The average Bonchev–Trinajstić information content (AvgIpc) is 3.14. The molecule has 1 atom stereocenters.